The van der Waals surface area contributed by atoms with Crippen molar-refractivity contribution in [2.24, 2.45) is 0 Å². The average Bonchev–Trinajstić information content (AvgIpc) is 2.96. The van der Waals surface area contributed by atoms with Crippen LogP contribution in [-0.4, -0.2) is 44.0 Å². The number of carbonyl (C=O) groups excluding carboxylic acids is 1. The van der Waals surface area contributed by atoms with Crippen LogP contribution in [0.3, 0.4) is 0 Å². The summed E-state index contributed by atoms with van der Waals surface area (Å²) in [4.78, 5) is 14.4. The quantitative estimate of drug-likeness (QED) is 0.769. The number of carbonyl (C=O) groups is 1. The van der Waals surface area contributed by atoms with Crippen LogP contribution in [0.4, 0.5) is 5.69 Å². The summed E-state index contributed by atoms with van der Waals surface area (Å²) in [7, 11) is 1.87. The average molecular weight is 261 g/mol. The lowest BCUT2D eigenvalue weighted by Crippen LogP contribution is -2.28. The fourth-order valence-electron chi connectivity index (χ4n) is 2.40. The van der Waals surface area contributed by atoms with Gasteiger partial charge in [0.25, 0.3) is 5.91 Å². The molecule has 0 saturated carbocycles. The monoisotopic (exact) mass is 261 g/mol. The van der Waals surface area contributed by atoms with Gasteiger partial charge < -0.3 is 15.5 Å². The van der Waals surface area contributed by atoms with Crippen molar-refractivity contribution >= 4 is 11.6 Å². The number of likely N-dealkylation sites (tertiary alicyclic amines) is 1. The fourth-order valence-corrected chi connectivity index (χ4v) is 2.40. The Morgan fingerprint density at radius 1 is 1.21 bits per heavy atom. The van der Waals surface area contributed by atoms with Crippen LogP contribution in [0.15, 0.2) is 24.3 Å². The number of rotatable bonds is 6. The zero-order valence-electron chi connectivity index (χ0n) is 11.6. The summed E-state index contributed by atoms with van der Waals surface area (Å²) in [6.07, 6.45) is 3.68. The Kier molecular flexibility index (Phi) is 5.21. The highest BCUT2D eigenvalue weighted by Gasteiger charge is 2.10. The highest BCUT2D eigenvalue weighted by atomic mass is 16.1. The number of amides is 1. The Bertz CT molecular complexity index is 396. The van der Waals surface area contributed by atoms with Gasteiger partial charge in [-0.2, -0.15) is 0 Å². The molecule has 0 aromatic heterocycles. The van der Waals surface area contributed by atoms with Crippen molar-refractivity contribution in [3.8, 4) is 0 Å². The predicted molar refractivity (Wildman–Crippen MR) is 78.6 cm³/mol. The van der Waals surface area contributed by atoms with Crippen molar-refractivity contribution in [3.63, 3.8) is 0 Å². The molecule has 1 fully saturated rings. The molecule has 4 nitrogen and oxygen atoms in total. The summed E-state index contributed by atoms with van der Waals surface area (Å²) in [6, 6.07) is 7.53. The van der Waals surface area contributed by atoms with Gasteiger partial charge in [0.15, 0.2) is 0 Å². The van der Waals surface area contributed by atoms with Gasteiger partial charge in [-0.15, -0.1) is 0 Å². The van der Waals surface area contributed by atoms with E-state index in [0.29, 0.717) is 0 Å². The van der Waals surface area contributed by atoms with Gasteiger partial charge in [-0.25, -0.2) is 0 Å². The van der Waals surface area contributed by atoms with Crippen molar-refractivity contribution in [1.29, 1.82) is 0 Å². The normalized spacial score (nSPS) is 15.4. The Labute approximate surface area is 115 Å². The first kappa shape index (κ1) is 13.9. The molecule has 104 valence electrons. The maximum Gasteiger partial charge on any atom is 0.251 e. The predicted octanol–water partition coefficient (Wildman–Crippen LogP) is 1.94. The second kappa shape index (κ2) is 7.14. The van der Waals surface area contributed by atoms with Crippen molar-refractivity contribution in [3.05, 3.63) is 29.8 Å². The summed E-state index contributed by atoms with van der Waals surface area (Å²) in [6.45, 7) is 4.29. The summed E-state index contributed by atoms with van der Waals surface area (Å²) in [5, 5.41) is 6.01. The molecule has 1 aromatic carbocycles. The Morgan fingerprint density at radius 3 is 2.53 bits per heavy atom. The molecule has 0 atom stereocenters. The minimum absolute atomic E-state index is 0.0177. The number of hydrogen-bond acceptors (Lipinski definition) is 3. The van der Waals surface area contributed by atoms with E-state index < -0.39 is 0 Å². The third-order valence-corrected chi connectivity index (χ3v) is 3.57. The van der Waals surface area contributed by atoms with E-state index >= 15 is 0 Å². The molecule has 1 amide bonds. The third kappa shape index (κ3) is 4.24. The van der Waals surface area contributed by atoms with Gasteiger partial charge in [-0.3, -0.25) is 4.79 Å². The first-order valence-corrected chi connectivity index (χ1v) is 7.08. The largest absolute Gasteiger partial charge is 0.388 e. The van der Waals surface area contributed by atoms with Gasteiger partial charge in [0, 0.05) is 24.8 Å². The summed E-state index contributed by atoms with van der Waals surface area (Å²) in [5.41, 5.74) is 1.74. The lowest BCUT2D eigenvalue weighted by atomic mass is 10.2. The molecule has 19 heavy (non-hydrogen) atoms. The van der Waals surface area contributed by atoms with Gasteiger partial charge >= 0.3 is 0 Å². The van der Waals surface area contributed by atoms with Gasteiger partial charge in [0.05, 0.1) is 0 Å². The molecular weight excluding hydrogens is 238 g/mol. The third-order valence-electron chi connectivity index (χ3n) is 3.57. The number of anilines is 1. The van der Waals surface area contributed by atoms with Crippen molar-refractivity contribution < 1.29 is 4.79 Å². The maximum atomic E-state index is 11.9. The van der Waals surface area contributed by atoms with Gasteiger partial charge in [0.2, 0.25) is 0 Å². The molecule has 0 bridgehead atoms. The SMILES string of the molecule is CNc1ccc(C(=O)NCCCN2CCCC2)cc1. The molecular formula is C15H23N3O. The van der Waals surface area contributed by atoms with Gasteiger partial charge in [-0.1, -0.05) is 0 Å². The minimum Gasteiger partial charge on any atom is -0.388 e. The van der Waals surface area contributed by atoms with Crippen molar-refractivity contribution in [2.75, 3.05) is 38.5 Å². The lowest BCUT2D eigenvalue weighted by molar-refractivity contribution is 0.0952. The van der Waals surface area contributed by atoms with Crippen LogP contribution in [-0.2, 0) is 0 Å². The van der Waals surface area contributed by atoms with E-state index in [0.717, 1.165) is 30.8 Å². The van der Waals surface area contributed by atoms with Crippen LogP contribution < -0.4 is 10.6 Å². The molecule has 1 aliphatic heterocycles. The Morgan fingerprint density at radius 2 is 1.89 bits per heavy atom. The minimum atomic E-state index is 0.0177. The number of nitrogens with one attached hydrogen (secondary N) is 2. The van der Waals surface area contributed by atoms with Crippen LogP contribution in [0.25, 0.3) is 0 Å². The Balaban J connectivity index is 1.68. The van der Waals surface area contributed by atoms with Crippen LogP contribution >= 0.6 is 0 Å². The molecule has 1 saturated heterocycles. The highest BCUT2D eigenvalue weighted by molar-refractivity contribution is 5.94. The summed E-state index contributed by atoms with van der Waals surface area (Å²) in [5.74, 6) is 0.0177. The molecule has 1 heterocycles. The fraction of sp³-hybridized carbons (Fsp3) is 0.533. The van der Waals surface area contributed by atoms with E-state index in [1.807, 2.05) is 31.3 Å². The van der Waals surface area contributed by atoms with E-state index in [-0.39, 0.29) is 5.91 Å². The molecule has 1 aromatic rings. The van der Waals surface area contributed by atoms with Crippen molar-refractivity contribution in [2.45, 2.75) is 19.3 Å². The van der Waals surface area contributed by atoms with Gasteiger partial charge in [0.1, 0.15) is 0 Å². The van der Waals surface area contributed by atoms with Crippen LogP contribution in [0.5, 0.6) is 0 Å². The zero-order chi connectivity index (χ0) is 13.5. The second-order valence-corrected chi connectivity index (χ2v) is 4.99. The van der Waals surface area contributed by atoms with Gasteiger partial charge in [-0.05, 0) is 63.2 Å². The highest BCUT2D eigenvalue weighted by Crippen LogP contribution is 2.09. The lowest BCUT2D eigenvalue weighted by Gasteiger charge is -2.14. The van der Waals surface area contributed by atoms with E-state index in [1.165, 1.54) is 25.9 Å². The maximum absolute atomic E-state index is 11.9. The van der Waals surface area contributed by atoms with E-state index in [9.17, 15) is 4.79 Å². The van der Waals surface area contributed by atoms with Crippen LogP contribution in [0, 0.1) is 0 Å². The summed E-state index contributed by atoms with van der Waals surface area (Å²) < 4.78 is 0. The molecule has 2 rings (SSSR count). The van der Waals surface area contributed by atoms with Crippen LogP contribution in [0.1, 0.15) is 29.6 Å². The number of nitrogens with zero attached hydrogens (tertiary/aromatic N) is 1. The molecule has 4 heteroatoms. The second-order valence-electron chi connectivity index (χ2n) is 4.99. The van der Waals surface area contributed by atoms with Crippen LogP contribution in [0.2, 0.25) is 0 Å². The molecule has 1 aliphatic rings. The molecule has 0 aliphatic carbocycles. The molecule has 2 N–H and O–H groups in total. The first-order chi connectivity index (χ1) is 9.29. The topological polar surface area (TPSA) is 44.4 Å². The first-order valence-electron chi connectivity index (χ1n) is 7.08. The molecule has 0 spiro atoms. The molecule has 0 radical (unpaired) electrons. The number of benzene rings is 1. The zero-order valence-corrected chi connectivity index (χ0v) is 11.6. The molecule has 0 unspecified atom stereocenters. The standard InChI is InChI=1S/C15H23N3O/c1-16-14-7-5-13(6-8-14)15(19)17-9-4-12-18-10-2-3-11-18/h5-8,16H,2-4,9-12H2,1H3,(H,17,19). The van der Waals surface area contributed by atoms with Crippen molar-refractivity contribution in [1.82, 2.24) is 10.2 Å². The van der Waals surface area contributed by atoms with E-state index in [1.54, 1.807) is 0 Å². The van der Waals surface area contributed by atoms with E-state index in [4.69, 9.17) is 0 Å². The smallest absolute Gasteiger partial charge is 0.251 e. The summed E-state index contributed by atoms with van der Waals surface area (Å²) >= 11 is 0. The van der Waals surface area contributed by atoms with E-state index in [2.05, 4.69) is 15.5 Å². The number of hydrogen-bond donors (Lipinski definition) is 2. The Hall–Kier alpha value is -1.55.